The quantitative estimate of drug-likeness (QED) is 0.855. The molecule has 110 valence electrons. The predicted molar refractivity (Wildman–Crippen MR) is 81.2 cm³/mol. The lowest BCUT2D eigenvalue weighted by atomic mass is 9.78. The topological polar surface area (TPSA) is 29.1 Å². The Morgan fingerprint density at radius 2 is 2.00 bits per heavy atom. The maximum atomic E-state index is 12.8. The summed E-state index contributed by atoms with van der Waals surface area (Å²) < 4.78 is 12.8. The average Bonchev–Trinajstić information content (AvgIpc) is 2.43. The Labute approximate surface area is 124 Å². The molecule has 0 saturated heterocycles. The lowest BCUT2D eigenvalue weighted by Crippen LogP contribution is -2.44. The van der Waals surface area contributed by atoms with Crippen molar-refractivity contribution in [2.24, 2.45) is 11.8 Å². The van der Waals surface area contributed by atoms with Gasteiger partial charge in [-0.05, 0) is 42.5 Å². The summed E-state index contributed by atoms with van der Waals surface area (Å²) in [5.74, 6) is 1.44. The standard InChI is InChI=1S/C16H22FNOS/c1-11-4-3-5-15(12(11)2)18-16(19)10-20-14-8-6-13(17)7-9-14/h6-9,11-12,15H,3-5,10H2,1-2H3,(H,18,19)/t11-,12-,15+/m0/s1. The Balaban J connectivity index is 1.79. The first-order chi connectivity index (χ1) is 9.56. The van der Waals surface area contributed by atoms with Crippen LogP contribution in [0.15, 0.2) is 29.2 Å². The minimum atomic E-state index is -0.246. The van der Waals surface area contributed by atoms with Crippen molar-refractivity contribution in [1.82, 2.24) is 5.32 Å². The summed E-state index contributed by atoms with van der Waals surface area (Å²) in [5.41, 5.74) is 0. The molecule has 0 bridgehead atoms. The van der Waals surface area contributed by atoms with Gasteiger partial charge in [-0.2, -0.15) is 0 Å². The van der Waals surface area contributed by atoms with Crippen LogP contribution in [-0.4, -0.2) is 17.7 Å². The third kappa shape index (κ3) is 4.23. The first-order valence-corrected chi connectivity index (χ1v) is 8.22. The molecule has 4 heteroatoms. The maximum absolute atomic E-state index is 12.8. The van der Waals surface area contributed by atoms with Gasteiger partial charge in [0.25, 0.3) is 0 Å². The van der Waals surface area contributed by atoms with Crippen LogP contribution in [0.2, 0.25) is 0 Å². The summed E-state index contributed by atoms with van der Waals surface area (Å²) in [6.45, 7) is 4.48. The zero-order valence-electron chi connectivity index (χ0n) is 12.1. The van der Waals surface area contributed by atoms with Gasteiger partial charge in [-0.1, -0.05) is 26.7 Å². The van der Waals surface area contributed by atoms with Gasteiger partial charge in [0.2, 0.25) is 5.91 Å². The smallest absolute Gasteiger partial charge is 0.230 e. The van der Waals surface area contributed by atoms with Gasteiger partial charge in [0, 0.05) is 10.9 Å². The molecule has 0 aromatic heterocycles. The molecule has 1 aromatic rings. The molecule has 20 heavy (non-hydrogen) atoms. The molecule has 2 rings (SSSR count). The molecule has 0 heterocycles. The highest BCUT2D eigenvalue weighted by atomic mass is 32.2. The molecular formula is C16H22FNOS. The van der Waals surface area contributed by atoms with Crippen LogP contribution in [0, 0.1) is 17.7 Å². The summed E-state index contributed by atoms with van der Waals surface area (Å²) in [7, 11) is 0. The van der Waals surface area contributed by atoms with E-state index in [0.29, 0.717) is 23.6 Å². The Bertz CT molecular complexity index is 448. The number of amides is 1. The fourth-order valence-electron chi connectivity index (χ4n) is 2.71. The van der Waals surface area contributed by atoms with Crippen LogP contribution in [0.4, 0.5) is 4.39 Å². The van der Waals surface area contributed by atoms with Crippen molar-refractivity contribution in [1.29, 1.82) is 0 Å². The van der Waals surface area contributed by atoms with E-state index < -0.39 is 0 Å². The number of rotatable bonds is 4. The molecule has 1 fully saturated rings. The molecule has 0 unspecified atom stereocenters. The zero-order valence-corrected chi connectivity index (χ0v) is 12.9. The van der Waals surface area contributed by atoms with Crippen LogP contribution in [0.25, 0.3) is 0 Å². The van der Waals surface area contributed by atoms with Gasteiger partial charge in [0.1, 0.15) is 5.82 Å². The number of nitrogens with one attached hydrogen (secondary N) is 1. The Hall–Kier alpha value is -1.03. The molecule has 2 nitrogen and oxygen atoms in total. The van der Waals surface area contributed by atoms with Crippen molar-refractivity contribution in [3.05, 3.63) is 30.1 Å². The minimum Gasteiger partial charge on any atom is -0.352 e. The highest BCUT2D eigenvalue weighted by Gasteiger charge is 2.27. The van der Waals surface area contributed by atoms with E-state index in [9.17, 15) is 9.18 Å². The second-order valence-electron chi connectivity index (χ2n) is 5.68. The third-order valence-electron chi connectivity index (χ3n) is 4.24. The zero-order chi connectivity index (χ0) is 14.5. The molecular weight excluding hydrogens is 273 g/mol. The van der Waals surface area contributed by atoms with Crippen LogP contribution in [0.5, 0.6) is 0 Å². The Kier molecular flexibility index (Phi) is 5.46. The maximum Gasteiger partial charge on any atom is 0.230 e. The highest BCUT2D eigenvalue weighted by Crippen LogP contribution is 2.29. The average molecular weight is 295 g/mol. The molecule has 3 atom stereocenters. The minimum absolute atomic E-state index is 0.0743. The van der Waals surface area contributed by atoms with Gasteiger partial charge < -0.3 is 5.32 Å². The number of carbonyl (C=O) groups is 1. The summed E-state index contributed by atoms with van der Waals surface area (Å²) >= 11 is 1.45. The van der Waals surface area contributed by atoms with E-state index in [2.05, 4.69) is 19.2 Å². The number of hydrogen-bond donors (Lipinski definition) is 1. The predicted octanol–water partition coefficient (Wildman–Crippen LogP) is 3.86. The van der Waals surface area contributed by atoms with E-state index >= 15 is 0 Å². The normalized spacial score (nSPS) is 26.2. The second kappa shape index (κ2) is 7.11. The van der Waals surface area contributed by atoms with Crippen LogP contribution in [0.3, 0.4) is 0 Å². The van der Waals surface area contributed by atoms with E-state index in [0.717, 1.165) is 11.3 Å². The summed E-state index contributed by atoms with van der Waals surface area (Å²) in [6.07, 6.45) is 3.54. The lowest BCUT2D eigenvalue weighted by Gasteiger charge is -2.34. The first-order valence-electron chi connectivity index (χ1n) is 7.24. The molecule has 1 aliphatic rings. The Morgan fingerprint density at radius 1 is 1.30 bits per heavy atom. The molecule has 0 spiro atoms. The van der Waals surface area contributed by atoms with Gasteiger partial charge >= 0.3 is 0 Å². The molecule has 1 amide bonds. The van der Waals surface area contributed by atoms with Crippen molar-refractivity contribution in [2.75, 3.05) is 5.75 Å². The van der Waals surface area contributed by atoms with Crippen molar-refractivity contribution in [3.63, 3.8) is 0 Å². The lowest BCUT2D eigenvalue weighted by molar-refractivity contribution is -0.119. The number of carbonyl (C=O) groups excluding carboxylic acids is 1. The van der Waals surface area contributed by atoms with Gasteiger partial charge in [0.15, 0.2) is 0 Å². The van der Waals surface area contributed by atoms with Crippen molar-refractivity contribution >= 4 is 17.7 Å². The monoisotopic (exact) mass is 295 g/mol. The summed E-state index contributed by atoms with van der Waals surface area (Å²) in [6, 6.07) is 6.56. The molecule has 0 aliphatic heterocycles. The van der Waals surface area contributed by atoms with E-state index in [4.69, 9.17) is 0 Å². The van der Waals surface area contributed by atoms with Crippen molar-refractivity contribution < 1.29 is 9.18 Å². The van der Waals surface area contributed by atoms with Gasteiger partial charge in [0.05, 0.1) is 5.75 Å². The van der Waals surface area contributed by atoms with Crippen LogP contribution in [0.1, 0.15) is 33.1 Å². The van der Waals surface area contributed by atoms with E-state index in [-0.39, 0.29) is 11.7 Å². The Morgan fingerprint density at radius 3 is 2.70 bits per heavy atom. The number of hydrogen-bond acceptors (Lipinski definition) is 2. The van der Waals surface area contributed by atoms with Gasteiger partial charge in [-0.15, -0.1) is 11.8 Å². The van der Waals surface area contributed by atoms with Crippen LogP contribution < -0.4 is 5.32 Å². The largest absolute Gasteiger partial charge is 0.352 e. The molecule has 0 radical (unpaired) electrons. The number of benzene rings is 1. The summed E-state index contributed by atoms with van der Waals surface area (Å²) in [4.78, 5) is 12.9. The molecule has 1 aliphatic carbocycles. The van der Waals surface area contributed by atoms with Crippen molar-refractivity contribution in [2.45, 2.75) is 44.0 Å². The van der Waals surface area contributed by atoms with Crippen LogP contribution >= 0.6 is 11.8 Å². The fourth-order valence-corrected chi connectivity index (χ4v) is 3.42. The number of halogens is 1. The third-order valence-corrected chi connectivity index (χ3v) is 5.25. The van der Waals surface area contributed by atoms with Crippen molar-refractivity contribution in [3.8, 4) is 0 Å². The second-order valence-corrected chi connectivity index (χ2v) is 6.73. The molecule has 1 aromatic carbocycles. The van der Waals surface area contributed by atoms with E-state index in [1.165, 1.54) is 36.7 Å². The van der Waals surface area contributed by atoms with Crippen LogP contribution in [-0.2, 0) is 4.79 Å². The SMILES string of the molecule is C[C@H]1[C@@H](C)CCC[C@H]1NC(=O)CSc1ccc(F)cc1. The highest BCUT2D eigenvalue weighted by molar-refractivity contribution is 8.00. The van der Waals surface area contributed by atoms with Gasteiger partial charge in [-0.3, -0.25) is 4.79 Å². The fraction of sp³-hybridized carbons (Fsp3) is 0.562. The molecule has 1 saturated carbocycles. The first kappa shape index (κ1) is 15.4. The van der Waals surface area contributed by atoms with E-state index in [1.807, 2.05) is 0 Å². The number of thioether (sulfide) groups is 1. The van der Waals surface area contributed by atoms with E-state index in [1.54, 1.807) is 12.1 Å². The van der Waals surface area contributed by atoms with Gasteiger partial charge in [-0.25, -0.2) is 4.39 Å². The summed E-state index contributed by atoms with van der Waals surface area (Å²) in [5, 5.41) is 3.15. The molecule has 1 N–H and O–H groups in total.